The van der Waals surface area contributed by atoms with Crippen LogP contribution in [-0.4, -0.2) is 43.0 Å². The maximum absolute atomic E-state index is 5.80. The van der Waals surface area contributed by atoms with Gasteiger partial charge in [-0.05, 0) is 38.7 Å². The maximum Gasteiger partial charge on any atom is 0.0240 e. The Bertz CT molecular complexity index is 349. The number of nitrogens with zero attached hydrogens (tertiary/aromatic N) is 2. The van der Waals surface area contributed by atoms with E-state index in [1.807, 2.05) is 0 Å². The van der Waals surface area contributed by atoms with Gasteiger partial charge in [0.1, 0.15) is 0 Å². The van der Waals surface area contributed by atoms with E-state index in [1.165, 1.54) is 11.1 Å². The number of nitrogens with two attached hydrogens (primary N) is 1. The zero-order valence-corrected chi connectivity index (χ0v) is 12.2. The molecule has 0 aliphatic heterocycles. The molecule has 1 aromatic carbocycles. The van der Waals surface area contributed by atoms with Crippen LogP contribution in [0.2, 0.25) is 0 Å². The predicted molar refractivity (Wildman–Crippen MR) is 78.4 cm³/mol. The zero-order chi connectivity index (χ0) is 13.5. The minimum atomic E-state index is 0.552. The van der Waals surface area contributed by atoms with Crippen LogP contribution in [0.5, 0.6) is 0 Å². The number of rotatable bonds is 7. The third-order valence-corrected chi connectivity index (χ3v) is 3.37. The molecule has 0 aromatic heterocycles. The van der Waals surface area contributed by atoms with E-state index in [-0.39, 0.29) is 0 Å². The molecule has 0 aliphatic rings. The van der Waals surface area contributed by atoms with Crippen molar-refractivity contribution >= 4 is 0 Å². The van der Waals surface area contributed by atoms with Gasteiger partial charge in [0.05, 0.1) is 0 Å². The van der Waals surface area contributed by atoms with Crippen molar-refractivity contribution in [2.45, 2.75) is 33.0 Å². The van der Waals surface area contributed by atoms with Crippen LogP contribution < -0.4 is 5.73 Å². The summed E-state index contributed by atoms with van der Waals surface area (Å²) >= 11 is 0. The normalized spacial score (nSPS) is 13.3. The second-order valence-corrected chi connectivity index (χ2v) is 5.15. The number of hydrogen-bond donors (Lipinski definition) is 1. The lowest BCUT2D eigenvalue weighted by atomic mass is 10.1. The Kier molecular flexibility index (Phi) is 6.33. The smallest absolute Gasteiger partial charge is 0.0240 e. The maximum atomic E-state index is 5.80. The fourth-order valence-electron chi connectivity index (χ4n) is 2.35. The van der Waals surface area contributed by atoms with Gasteiger partial charge in [0.25, 0.3) is 0 Å². The summed E-state index contributed by atoms with van der Waals surface area (Å²) in [6.07, 6.45) is 0. The van der Waals surface area contributed by atoms with E-state index in [4.69, 9.17) is 5.73 Å². The molecule has 0 radical (unpaired) electrons. The van der Waals surface area contributed by atoms with Crippen molar-refractivity contribution < 1.29 is 0 Å². The molecule has 0 heterocycles. The molecule has 0 amide bonds. The van der Waals surface area contributed by atoms with Crippen LogP contribution in [0.15, 0.2) is 24.3 Å². The van der Waals surface area contributed by atoms with Crippen LogP contribution in [0.1, 0.15) is 25.0 Å². The Hall–Kier alpha value is -0.900. The topological polar surface area (TPSA) is 32.5 Å². The fraction of sp³-hybridized carbons (Fsp3) is 0.600. The summed E-state index contributed by atoms with van der Waals surface area (Å²) in [7, 11) is 4.25. The van der Waals surface area contributed by atoms with Crippen molar-refractivity contribution in [1.82, 2.24) is 9.80 Å². The first-order chi connectivity index (χ1) is 8.58. The van der Waals surface area contributed by atoms with Crippen molar-refractivity contribution in [3.8, 4) is 0 Å². The van der Waals surface area contributed by atoms with E-state index >= 15 is 0 Å². The lowest BCUT2D eigenvalue weighted by Gasteiger charge is -2.30. The third-order valence-electron chi connectivity index (χ3n) is 3.37. The third kappa shape index (κ3) is 4.41. The highest BCUT2D eigenvalue weighted by molar-refractivity contribution is 5.26. The van der Waals surface area contributed by atoms with Gasteiger partial charge in [-0.25, -0.2) is 0 Å². The zero-order valence-electron chi connectivity index (χ0n) is 12.2. The van der Waals surface area contributed by atoms with E-state index in [2.05, 4.69) is 62.0 Å². The molecule has 0 fully saturated rings. The Labute approximate surface area is 112 Å². The Morgan fingerprint density at radius 3 is 2.28 bits per heavy atom. The molecule has 1 atom stereocenters. The first-order valence-electron chi connectivity index (χ1n) is 6.74. The summed E-state index contributed by atoms with van der Waals surface area (Å²) in [5, 5.41) is 0. The van der Waals surface area contributed by atoms with Crippen molar-refractivity contribution in [3.63, 3.8) is 0 Å². The van der Waals surface area contributed by atoms with Crippen LogP contribution in [0.25, 0.3) is 0 Å². The SMILES string of the molecule is CCN(Cc1ccccc1CN)C(C)CN(C)C. The number of hydrogen-bond acceptors (Lipinski definition) is 3. The summed E-state index contributed by atoms with van der Waals surface area (Å²) in [4.78, 5) is 4.73. The van der Waals surface area contributed by atoms with Crippen LogP contribution in [0, 0.1) is 0 Å². The van der Waals surface area contributed by atoms with Crippen molar-refractivity contribution in [2.75, 3.05) is 27.2 Å². The Balaban J connectivity index is 2.73. The molecule has 3 nitrogen and oxygen atoms in total. The Morgan fingerprint density at radius 1 is 1.17 bits per heavy atom. The standard InChI is InChI=1S/C15H27N3/c1-5-18(13(2)11-17(3)4)12-15-9-7-6-8-14(15)10-16/h6-9,13H,5,10-12,16H2,1-4H3. The number of benzene rings is 1. The summed E-state index contributed by atoms with van der Waals surface area (Å²) in [6, 6.07) is 9.02. The van der Waals surface area contributed by atoms with Gasteiger partial charge in [0.15, 0.2) is 0 Å². The van der Waals surface area contributed by atoms with Crippen LogP contribution in [-0.2, 0) is 13.1 Å². The van der Waals surface area contributed by atoms with Crippen LogP contribution >= 0.6 is 0 Å². The minimum absolute atomic E-state index is 0.552. The molecule has 1 rings (SSSR count). The van der Waals surface area contributed by atoms with Gasteiger partial charge in [-0.2, -0.15) is 0 Å². The molecule has 1 unspecified atom stereocenters. The highest BCUT2D eigenvalue weighted by Gasteiger charge is 2.14. The lowest BCUT2D eigenvalue weighted by Crippen LogP contribution is -2.39. The second kappa shape index (κ2) is 7.52. The average molecular weight is 249 g/mol. The second-order valence-electron chi connectivity index (χ2n) is 5.15. The van der Waals surface area contributed by atoms with E-state index < -0.39 is 0 Å². The monoisotopic (exact) mass is 249 g/mol. The highest BCUT2D eigenvalue weighted by Crippen LogP contribution is 2.13. The molecule has 102 valence electrons. The molecule has 0 saturated carbocycles. The number of likely N-dealkylation sites (N-methyl/N-ethyl adjacent to an activating group) is 2. The molecule has 3 heteroatoms. The van der Waals surface area contributed by atoms with Crippen molar-refractivity contribution in [1.29, 1.82) is 0 Å². The van der Waals surface area contributed by atoms with Gasteiger partial charge in [-0.3, -0.25) is 4.90 Å². The van der Waals surface area contributed by atoms with E-state index in [1.54, 1.807) is 0 Å². The molecule has 0 bridgehead atoms. The average Bonchev–Trinajstić information content (AvgIpc) is 2.35. The highest BCUT2D eigenvalue weighted by atomic mass is 15.2. The summed E-state index contributed by atoms with van der Waals surface area (Å²) in [6.45, 7) is 8.26. The van der Waals surface area contributed by atoms with Gasteiger partial charge in [-0.1, -0.05) is 31.2 Å². The van der Waals surface area contributed by atoms with Gasteiger partial charge in [0, 0.05) is 25.7 Å². The largest absolute Gasteiger partial charge is 0.326 e. The van der Waals surface area contributed by atoms with Gasteiger partial charge in [-0.15, -0.1) is 0 Å². The molecular formula is C15H27N3. The van der Waals surface area contributed by atoms with E-state index in [0.29, 0.717) is 12.6 Å². The van der Waals surface area contributed by atoms with Crippen molar-refractivity contribution in [3.05, 3.63) is 35.4 Å². The molecule has 1 aromatic rings. The summed E-state index contributed by atoms with van der Waals surface area (Å²) < 4.78 is 0. The predicted octanol–water partition coefficient (Wildman–Crippen LogP) is 1.92. The van der Waals surface area contributed by atoms with E-state index in [9.17, 15) is 0 Å². The summed E-state index contributed by atoms with van der Waals surface area (Å²) in [5.41, 5.74) is 8.41. The first-order valence-corrected chi connectivity index (χ1v) is 6.74. The molecule has 0 aliphatic carbocycles. The van der Waals surface area contributed by atoms with Gasteiger partial charge in [0.2, 0.25) is 0 Å². The first kappa shape index (κ1) is 15.2. The van der Waals surface area contributed by atoms with Gasteiger partial charge >= 0.3 is 0 Å². The molecule has 0 spiro atoms. The molecule has 0 saturated heterocycles. The Morgan fingerprint density at radius 2 is 1.78 bits per heavy atom. The van der Waals surface area contributed by atoms with Crippen molar-refractivity contribution in [2.24, 2.45) is 5.73 Å². The molecule has 18 heavy (non-hydrogen) atoms. The lowest BCUT2D eigenvalue weighted by molar-refractivity contribution is 0.174. The summed E-state index contributed by atoms with van der Waals surface area (Å²) in [5.74, 6) is 0. The molecule has 2 N–H and O–H groups in total. The van der Waals surface area contributed by atoms with Crippen LogP contribution in [0.3, 0.4) is 0 Å². The fourth-order valence-corrected chi connectivity index (χ4v) is 2.35. The minimum Gasteiger partial charge on any atom is -0.326 e. The quantitative estimate of drug-likeness (QED) is 0.801. The van der Waals surface area contributed by atoms with E-state index in [0.717, 1.165) is 19.6 Å². The van der Waals surface area contributed by atoms with Gasteiger partial charge < -0.3 is 10.6 Å². The molecular weight excluding hydrogens is 222 g/mol. The van der Waals surface area contributed by atoms with Crippen LogP contribution in [0.4, 0.5) is 0 Å².